The minimum atomic E-state index is -1.02. The molecule has 21 heavy (non-hydrogen) atoms. The van der Waals surface area contributed by atoms with Crippen molar-refractivity contribution in [3.63, 3.8) is 0 Å². The van der Waals surface area contributed by atoms with Gasteiger partial charge in [-0.2, -0.15) is 0 Å². The van der Waals surface area contributed by atoms with Crippen LogP contribution in [-0.4, -0.2) is 53.3 Å². The summed E-state index contributed by atoms with van der Waals surface area (Å²) < 4.78 is 5.08. The van der Waals surface area contributed by atoms with E-state index in [0.717, 1.165) is 32.5 Å². The standard InChI is InChI=1S/C15H30N2O4/c1-6-17(7-2)11-9-8-10-12(13(18)19)16-14(20)21-15(3,4)5/h12H,6-11H2,1-5H3,(H,16,20)(H,18,19)/t12-/m1/s1. The number of amides is 1. The van der Waals surface area contributed by atoms with E-state index in [2.05, 4.69) is 24.1 Å². The Bertz CT molecular complexity index is 322. The van der Waals surface area contributed by atoms with Crippen LogP contribution < -0.4 is 5.32 Å². The average Bonchev–Trinajstić information content (AvgIpc) is 2.35. The molecule has 0 saturated heterocycles. The van der Waals surface area contributed by atoms with Crippen LogP contribution in [0.3, 0.4) is 0 Å². The van der Waals surface area contributed by atoms with Crippen LogP contribution in [0, 0.1) is 0 Å². The zero-order chi connectivity index (χ0) is 16.5. The van der Waals surface area contributed by atoms with Crippen molar-refractivity contribution in [2.45, 2.75) is 65.5 Å². The van der Waals surface area contributed by atoms with E-state index in [-0.39, 0.29) is 0 Å². The van der Waals surface area contributed by atoms with Crippen LogP contribution in [0.4, 0.5) is 4.79 Å². The highest BCUT2D eigenvalue weighted by Crippen LogP contribution is 2.08. The number of rotatable bonds is 9. The zero-order valence-electron chi connectivity index (χ0n) is 13.9. The summed E-state index contributed by atoms with van der Waals surface area (Å²) in [6.07, 6.45) is 1.40. The highest BCUT2D eigenvalue weighted by Gasteiger charge is 2.23. The molecule has 0 unspecified atom stereocenters. The van der Waals surface area contributed by atoms with Crippen LogP contribution in [0.2, 0.25) is 0 Å². The third kappa shape index (κ3) is 10.1. The predicted octanol–water partition coefficient (Wildman–Crippen LogP) is 2.48. The maximum Gasteiger partial charge on any atom is 0.408 e. The smallest absolute Gasteiger partial charge is 0.408 e. The lowest BCUT2D eigenvalue weighted by Gasteiger charge is -2.22. The number of carbonyl (C=O) groups excluding carboxylic acids is 1. The lowest BCUT2D eigenvalue weighted by atomic mass is 10.1. The second-order valence-electron chi connectivity index (χ2n) is 6.06. The van der Waals surface area contributed by atoms with Crippen LogP contribution in [0.5, 0.6) is 0 Å². The lowest BCUT2D eigenvalue weighted by molar-refractivity contribution is -0.139. The topological polar surface area (TPSA) is 78.9 Å². The quantitative estimate of drug-likeness (QED) is 0.640. The van der Waals surface area contributed by atoms with Gasteiger partial charge in [0.2, 0.25) is 0 Å². The second-order valence-corrected chi connectivity index (χ2v) is 6.06. The molecule has 2 N–H and O–H groups in total. The highest BCUT2D eigenvalue weighted by molar-refractivity contribution is 5.79. The Kier molecular flexibility index (Phi) is 9.01. The number of unbranched alkanes of at least 4 members (excludes halogenated alkanes) is 1. The van der Waals surface area contributed by atoms with E-state index in [4.69, 9.17) is 9.84 Å². The van der Waals surface area contributed by atoms with Gasteiger partial charge in [0.1, 0.15) is 11.6 Å². The Morgan fingerprint density at radius 3 is 2.19 bits per heavy atom. The summed E-state index contributed by atoms with van der Waals surface area (Å²) in [6.45, 7) is 12.4. The van der Waals surface area contributed by atoms with E-state index in [1.54, 1.807) is 20.8 Å². The van der Waals surface area contributed by atoms with Crippen molar-refractivity contribution in [3.05, 3.63) is 0 Å². The van der Waals surface area contributed by atoms with Gasteiger partial charge in [-0.15, -0.1) is 0 Å². The van der Waals surface area contributed by atoms with Gasteiger partial charge in [0.25, 0.3) is 0 Å². The van der Waals surface area contributed by atoms with Gasteiger partial charge >= 0.3 is 12.1 Å². The number of carboxylic acids is 1. The number of hydrogen-bond acceptors (Lipinski definition) is 4. The number of carboxylic acid groups (broad SMARTS) is 1. The van der Waals surface area contributed by atoms with Crippen molar-refractivity contribution in [1.82, 2.24) is 10.2 Å². The van der Waals surface area contributed by atoms with Crippen LogP contribution in [-0.2, 0) is 9.53 Å². The Balaban J connectivity index is 4.14. The van der Waals surface area contributed by atoms with Crippen molar-refractivity contribution < 1.29 is 19.4 Å². The van der Waals surface area contributed by atoms with Gasteiger partial charge in [0, 0.05) is 0 Å². The first-order valence-corrected chi connectivity index (χ1v) is 7.64. The van der Waals surface area contributed by atoms with E-state index in [9.17, 15) is 9.59 Å². The largest absolute Gasteiger partial charge is 0.480 e. The predicted molar refractivity (Wildman–Crippen MR) is 82.4 cm³/mol. The molecule has 0 radical (unpaired) electrons. The SMILES string of the molecule is CCN(CC)CCCC[C@@H](NC(=O)OC(C)(C)C)C(=O)O. The molecule has 0 fully saturated rings. The first-order valence-electron chi connectivity index (χ1n) is 7.64. The highest BCUT2D eigenvalue weighted by atomic mass is 16.6. The first-order chi connectivity index (χ1) is 9.69. The fourth-order valence-electron chi connectivity index (χ4n) is 1.93. The molecule has 6 heteroatoms. The molecule has 0 aromatic heterocycles. The Hall–Kier alpha value is -1.30. The molecule has 0 rings (SSSR count). The zero-order valence-corrected chi connectivity index (χ0v) is 13.9. The van der Waals surface area contributed by atoms with E-state index in [1.807, 2.05) is 0 Å². The second kappa shape index (κ2) is 9.60. The lowest BCUT2D eigenvalue weighted by Crippen LogP contribution is -2.43. The summed E-state index contributed by atoms with van der Waals surface area (Å²) in [7, 11) is 0. The molecule has 0 aromatic rings. The van der Waals surface area contributed by atoms with Crippen LogP contribution in [0.15, 0.2) is 0 Å². The van der Waals surface area contributed by atoms with Crippen LogP contribution in [0.25, 0.3) is 0 Å². The van der Waals surface area contributed by atoms with Crippen LogP contribution in [0.1, 0.15) is 53.9 Å². The summed E-state index contributed by atoms with van der Waals surface area (Å²) in [5.41, 5.74) is -0.629. The Morgan fingerprint density at radius 1 is 1.19 bits per heavy atom. The molecule has 0 aliphatic rings. The minimum absolute atomic E-state index is 0.413. The summed E-state index contributed by atoms with van der Waals surface area (Å²) in [6, 6.07) is -0.892. The van der Waals surface area contributed by atoms with Crippen molar-refractivity contribution in [2.75, 3.05) is 19.6 Å². The monoisotopic (exact) mass is 302 g/mol. The molecule has 0 spiro atoms. The van der Waals surface area contributed by atoms with E-state index < -0.39 is 23.7 Å². The molecule has 6 nitrogen and oxygen atoms in total. The molecular formula is C15H30N2O4. The fourth-order valence-corrected chi connectivity index (χ4v) is 1.93. The summed E-state index contributed by atoms with van der Waals surface area (Å²) in [5, 5.41) is 11.6. The molecular weight excluding hydrogens is 272 g/mol. The number of hydrogen-bond donors (Lipinski definition) is 2. The molecule has 0 aromatic carbocycles. The van der Waals surface area contributed by atoms with E-state index in [0.29, 0.717) is 6.42 Å². The van der Waals surface area contributed by atoms with Crippen LogP contribution >= 0.6 is 0 Å². The number of ether oxygens (including phenoxy) is 1. The van der Waals surface area contributed by atoms with E-state index in [1.165, 1.54) is 0 Å². The van der Waals surface area contributed by atoms with Gasteiger partial charge in [0.05, 0.1) is 0 Å². The minimum Gasteiger partial charge on any atom is -0.480 e. The number of nitrogens with zero attached hydrogens (tertiary/aromatic N) is 1. The first kappa shape index (κ1) is 19.7. The van der Waals surface area contributed by atoms with Crippen molar-refractivity contribution in [2.24, 2.45) is 0 Å². The molecule has 0 saturated carbocycles. The molecule has 0 bridgehead atoms. The maximum atomic E-state index is 11.6. The molecule has 0 heterocycles. The normalized spacial score (nSPS) is 13.0. The Morgan fingerprint density at radius 2 is 1.76 bits per heavy atom. The van der Waals surface area contributed by atoms with Gasteiger partial charge in [-0.1, -0.05) is 13.8 Å². The van der Waals surface area contributed by atoms with Gasteiger partial charge < -0.3 is 20.1 Å². The summed E-state index contributed by atoms with van der Waals surface area (Å²) in [5.74, 6) is -1.02. The summed E-state index contributed by atoms with van der Waals surface area (Å²) in [4.78, 5) is 25.1. The van der Waals surface area contributed by atoms with Gasteiger partial charge in [-0.3, -0.25) is 0 Å². The number of carbonyl (C=O) groups is 2. The van der Waals surface area contributed by atoms with Gasteiger partial charge in [-0.05, 0) is 59.7 Å². The molecule has 0 aliphatic heterocycles. The molecule has 1 atom stereocenters. The maximum absolute atomic E-state index is 11.6. The number of aliphatic carboxylic acids is 1. The van der Waals surface area contributed by atoms with Crippen molar-refractivity contribution in [1.29, 1.82) is 0 Å². The summed E-state index contributed by atoms with van der Waals surface area (Å²) >= 11 is 0. The van der Waals surface area contributed by atoms with Crippen molar-refractivity contribution in [3.8, 4) is 0 Å². The van der Waals surface area contributed by atoms with Gasteiger partial charge in [0.15, 0.2) is 0 Å². The Labute approximate surface area is 127 Å². The fraction of sp³-hybridized carbons (Fsp3) is 0.867. The average molecular weight is 302 g/mol. The molecule has 124 valence electrons. The number of nitrogens with one attached hydrogen (secondary N) is 1. The third-order valence-corrected chi connectivity index (χ3v) is 3.10. The number of alkyl carbamates (subject to hydrolysis) is 1. The molecule has 0 aliphatic carbocycles. The molecule has 1 amide bonds. The third-order valence-electron chi connectivity index (χ3n) is 3.10. The van der Waals surface area contributed by atoms with E-state index >= 15 is 0 Å². The van der Waals surface area contributed by atoms with Gasteiger partial charge in [-0.25, -0.2) is 9.59 Å². The van der Waals surface area contributed by atoms with Crippen molar-refractivity contribution >= 4 is 12.1 Å².